The molecule has 0 unspecified atom stereocenters. The van der Waals surface area contributed by atoms with E-state index in [9.17, 15) is 0 Å². The zero-order valence-corrected chi connectivity index (χ0v) is 31.8. The molecule has 0 saturated carbocycles. The molecule has 0 heterocycles. The molecule has 0 saturated heterocycles. The molecule has 40 heavy (non-hydrogen) atoms. The molecule has 0 aliphatic carbocycles. The van der Waals surface area contributed by atoms with Gasteiger partial charge in [0.2, 0.25) is 0 Å². The summed E-state index contributed by atoms with van der Waals surface area (Å²) in [5.41, 5.74) is 4.07. The standard InChI is InChI=1S/C36H54As3N/c1-7-22-37(23-8-2)31-16-13-19-34(28-31)40(35-20-14-17-32(29-35)38(24-9-3)25-10-4)36-21-15-18-33(30-36)39(26-11-5)27-12-6/h13-21,28-30H,7-12,22-27H2,1-6H3. The Morgan fingerprint density at radius 2 is 0.650 bits per heavy atom. The summed E-state index contributed by atoms with van der Waals surface area (Å²) in [6.45, 7) is 14.2. The molecule has 218 valence electrons. The van der Waals surface area contributed by atoms with Crippen LogP contribution in [0.25, 0.3) is 0 Å². The van der Waals surface area contributed by atoms with Crippen LogP contribution in [0.1, 0.15) is 80.1 Å². The maximum absolute atomic E-state index is 2.61. The predicted octanol–water partition coefficient (Wildman–Crippen LogP) is 9.72. The number of benzene rings is 3. The molecule has 0 radical (unpaired) electrons. The van der Waals surface area contributed by atoms with Gasteiger partial charge in [-0.05, 0) is 0 Å². The third-order valence-electron chi connectivity index (χ3n) is 7.32. The van der Waals surface area contributed by atoms with Gasteiger partial charge in [-0.3, -0.25) is 0 Å². The third-order valence-corrected chi connectivity index (χ3v) is 26.1. The van der Waals surface area contributed by atoms with Gasteiger partial charge in [-0.15, -0.1) is 0 Å². The van der Waals surface area contributed by atoms with Crippen LogP contribution in [0.2, 0.25) is 31.3 Å². The first-order chi connectivity index (χ1) is 19.6. The van der Waals surface area contributed by atoms with Gasteiger partial charge in [0.05, 0.1) is 0 Å². The molecule has 3 rings (SSSR count). The van der Waals surface area contributed by atoms with Crippen molar-refractivity contribution < 1.29 is 0 Å². The number of rotatable bonds is 18. The zero-order valence-electron chi connectivity index (χ0n) is 26.2. The fourth-order valence-electron chi connectivity index (χ4n) is 5.66. The Balaban J connectivity index is 2.16. The Bertz CT molecular complexity index is 971. The Morgan fingerprint density at radius 3 is 0.875 bits per heavy atom. The normalized spacial score (nSPS) is 11.6. The van der Waals surface area contributed by atoms with E-state index < -0.39 is 44.0 Å². The van der Waals surface area contributed by atoms with E-state index in [0.29, 0.717) is 0 Å². The first kappa shape index (κ1) is 33.6. The first-order valence-electron chi connectivity index (χ1n) is 15.9. The van der Waals surface area contributed by atoms with E-state index in [2.05, 4.69) is 119 Å². The molecule has 3 aromatic rings. The van der Waals surface area contributed by atoms with E-state index in [1.165, 1.54) is 86.8 Å². The molecule has 1 nitrogen and oxygen atoms in total. The summed E-state index contributed by atoms with van der Waals surface area (Å²) in [5.74, 6) is 0. The summed E-state index contributed by atoms with van der Waals surface area (Å²) in [6.07, 6.45) is 7.83. The second-order valence-electron chi connectivity index (χ2n) is 10.9. The Morgan fingerprint density at radius 1 is 0.400 bits per heavy atom. The van der Waals surface area contributed by atoms with Crippen molar-refractivity contribution in [1.29, 1.82) is 0 Å². The topological polar surface area (TPSA) is 3.24 Å². The van der Waals surface area contributed by atoms with E-state index >= 15 is 0 Å². The Labute approximate surface area is 261 Å². The van der Waals surface area contributed by atoms with E-state index in [4.69, 9.17) is 0 Å². The van der Waals surface area contributed by atoms with Crippen LogP contribution in [0, 0.1) is 0 Å². The van der Waals surface area contributed by atoms with Gasteiger partial charge < -0.3 is 0 Å². The SMILES string of the molecule is CCC[As](CCC)c1cccc(N(c2cccc([As](CCC)CCC)c2)c2cccc([As](CCC)CCC)c2)c1. The molecule has 0 fully saturated rings. The fourth-order valence-corrected chi connectivity index (χ4v) is 21.0. The van der Waals surface area contributed by atoms with Crippen LogP contribution in [0.3, 0.4) is 0 Å². The van der Waals surface area contributed by atoms with Gasteiger partial charge in [-0.1, -0.05) is 0 Å². The van der Waals surface area contributed by atoms with Gasteiger partial charge in [0.1, 0.15) is 0 Å². The molecular weight excluding hydrogens is 671 g/mol. The molecule has 0 atom stereocenters. The number of hydrogen-bond acceptors (Lipinski definition) is 1. The minimum absolute atomic E-state index is 1.03. The molecule has 0 aromatic heterocycles. The molecule has 0 aliphatic rings. The van der Waals surface area contributed by atoms with Gasteiger partial charge in [0.25, 0.3) is 0 Å². The second-order valence-corrected chi connectivity index (χ2v) is 26.5. The van der Waals surface area contributed by atoms with E-state index in [0.717, 1.165) is 0 Å². The summed E-state index contributed by atoms with van der Waals surface area (Å²) >= 11 is -3.09. The minimum atomic E-state index is -1.03. The molecule has 4 heteroatoms. The number of anilines is 3. The maximum atomic E-state index is 2.61. The van der Waals surface area contributed by atoms with Crippen molar-refractivity contribution in [3.05, 3.63) is 72.8 Å². The monoisotopic (exact) mass is 725 g/mol. The third kappa shape index (κ3) is 9.58. The van der Waals surface area contributed by atoms with Gasteiger partial charge in [-0.2, -0.15) is 0 Å². The van der Waals surface area contributed by atoms with Crippen LogP contribution in [0.4, 0.5) is 17.1 Å². The fraction of sp³-hybridized carbons (Fsp3) is 0.500. The molecule has 3 aromatic carbocycles. The zero-order chi connectivity index (χ0) is 28.7. The van der Waals surface area contributed by atoms with E-state index in [1.54, 1.807) is 13.1 Å². The second kappa shape index (κ2) is 18.6. The van der Waals surface area contributed by atoms with Crippen LogP contribution in [-0.4, -0.2) is 44.0 Å². The summed E-state index contributed by atoms with van der Waals surface area (Å²) < 4.78 is 4.96. The Hall–Kier alpha value is -0.865. The predicted molar refractivity (Wildman–Crippen MR) is 188 cm³/mol. The molecule has 0 bridgehead atoms. The number of nitrogens with zero attached hydrogens (tertiary/aromatic N) is 1. The van der Waals surface area contributed by atoms with Crippen LogP contribution < -0.4 is 18.0 Å². The first-order valence-corrected chi connectivity index (χ1v) is 26.7. The van der Waals surface area contributed by atoms with Crippen molar-refractivity contribution in [2.24, 2.45) is 0 Å². The summed E-state index contributed by atoms with van der Waals surface area (Å²) in [5, 5.41) is 8.49. The average molecular weight is 726 g/mol. The van der Waals surface area contributed by atoms with Gasteiger partial charge in [0, 0.05) is 0 Å². The van der Waals surface area contributed by atoms with Gasteiger partial charge >= 0.3 is 263 Å². The molecule has 0 N–H and O–H groups in total. The Kier molecular flexibility index (Phi) is 15.7. The van der Waals surface area contributed by atoms with Crippen molar-refractivity contribution in [2.45, 2.75) is 111 Å². The van der Waals surface area contributed by atoms with Crippen LogP contribution >= 0.6 is 0 Å². The van der Waals surface area contributed by atoms with Crippen molar-refractivity contribution in [2.75, 3.05) is 4.90 Å². The van der Waals surface area contributed by atoms with Gasteiger partial charge in [-0.25, -0.2) is 0 Å². The summed E-state index contributed by atoms with van der Waals surface area (Å²) in [6, 6.07) is 29.2. The molecular formula is C36H54As3N. The van der Waals surface area contributed by atoms with Crippen molar-refractivity contribution in [3.8, 4) is 0 Å². The van der Waals surface area contributed by atoms with Crippen molar-refractivity contribution in [3.63, 3.8) is 0 Å². The average Bonchev–Trinajstić information content (AvgIpc) is 2.97. The number of hydrogen-bond donors (Lipinski definition) is 0. The van der Waals surface area contributed by atoms with Crippen LogP contribution in [-0.2, 0) is 0 Å². The summed E-state index contributed by atoms with van der Waals surface area (Å²) in [7, 11) is 0. The van der Waals surface area contributed by atoms with Crippen LogP contribution in [0.5, 0.6) is 0 Å². The van der Waals surface area contributed by atoms with E-state index in [-0.39, 0.29) is 0 Å². The van der Waals surface area contributed by atoms with Crippen molar-refractivity contribution in [1.82, 2.24) is 0 Å². The van der Waals surface area contributed by atoms with E-state index in [1.807, 2.05) is 0 Å². The molecule has 0 spiro atoms. The van der Waals surface area contributed by atoms with Crippen LogP contribution in [0.15, 0.2) is 72.8 Å². The molecule has 0 amide bonds. The van der Waals surface area contributed by atoms with Crippen molar-refractivity contribution >= 4 is 74.1 Å². The summed E-state index contributed by atoms with van der Waals surface area (Å²) in [4.78, 5) is 2.61. The molecule has 0 aliphatic heterocycles. The quantitative estimate of drug-likeness (QED) is 0.118. The van der Waals surface area contributed by atoms with Gasteiger partial charge in [0.15, 0.2) is 0 Å².